The van der Waals surface area contributed by atoms with Crippen LogP contribution in [0.2, 0.25) is 0 Å². The van der Waals surface area contributed by atoms with E-state index in [4.69, 9.17) is 5.73 Å². The lowest BCUT2D eigenvalue weighted by molar-refractivity contribution is 0.245. The Hall–Kier alpha value is -0.340. The summed E-state index contributed by atoms with van der Waals surface area (Å²) in [4.78, 5) is 0. The first-order valence-electron chi connectivity index (χ1n) is 5.38. The van der Waals surface area contributed by atoms with Crippen LogP contribution < -0.4 is 5.73 Å². The molecule has 0 radical (unpaired) electrons. The fourth-order valence-corrected chi connectivity index (χ4v) is 2.12. The first-order valence-corrected chi connectivity index (χ1v) is 6.18. The number of nitrogens with two attached hydrogens (primary N) is 1. The molecule has 0 aliphatic carbocycles. The third-order valence-corrected chi connectivity index (χ3v) is 3.71. The molecule has 1 rings (SSSR count). The predicted molar refractivity (Wildman–Crippen MR) is 69.8 cm³/mol. The Kier molecular flexibility index (Phi) is 4.35. The van der Waals surface area contributed by atoms with E-state index in [-0.39, 0.29) is 5.41 Å². The van der Waals surface area contributed by atoms with Gasteiger partial charge in [-0.15, -0.1) is 0 Å². The highest BCUT2D eigenvalue weighted by Gasteiger charge is 2.23. The molecule has 0 spiro atoms. The van der Waals surface area contributed by atoms with E-state index in [0.717, 1.165) is 13.0 Å². The topological polar surface area (TPSA) is 26.0 Å². The van der Waals surface area contributed by atoms with Gasteiger partial charge in [0.25, 0.3) is 0 Å². The second kappa shape index (κ2) is 5.13. The van der Waals surface area contributed by atoms with Crippen molar-refractivity contribution in [3.05, 3.63) is 34.3 Å². The quantitative estimate of drug-likeness (QED) is 0.892. The molecule has 1 atom stereocenters. The van der Waals surface area contributed by atoms with E-state index in [0.29, 0.717) is 5.92 Å². The van der Waals surface area contributed by atoms with Gasteiger partial charge in [-0.3, -0.25) is 0 Å². The highest BCUT2D eigenvalue weighted by molar-refractivity contribution is 9.10. The molecule has 0 amide bonds. The summed E-state index contributed by atoms with van der Waals surface area (Å²) in [6, 6.07) is 8.38. The van der Waals surface area contributed by atoms with Crippen LogP contribution in [0.5, 0.6) is 0 Å². The molecule has 1 unspecified atom stereocenters. The van der Waals surface area contributed by atoms with Gasteiger partial charge in [-0.25, -0.2) is 0 Å². The van der Waals surface area contributed by atoms with Gasteiger partial charge in [0.15, 0.2) is 0 Å². The number of benzene rings is 1. The van der Waals surface area contributed by atoms with Gasteiger partial charge < -0.3 is 5.73 Å². The van der Waals surface area contributed by atoms with Crippen LogP contribution in [0.25, 0.3) is 0 Å². The van der Waals surface area contributed by atoms with E-state index in [1.165, 1.54) is 10.0 Å². The van der Waals surface area contributed by atoms with Gasteiger partial charge in [-0.2, -0.15) is 0 Å². The van der Waals surface area contributed by atoms with E-state index >= 15 is 0 Å². The minimum atomic E-state index is 0.268. The standard InChI is InChI=1S/C13H20BrN/c1-13(2,3)11(9-15)8-10-6-4-5-7-12(10)14/h4-7,11H,8-9,15H2,1-3H3. The van der Waals surface area contributed by atoms with Gasteiger partial charge in [-0.05, 0) is 35.9 Å². The Morgan fingerprint density at radius 3 is 2.33 bits per heavy atom. The van der Waals surface area contributed by atoms with Crippen molar-refractivity contribution in [2.24, 2.45) is 17.1 Å². The molecular formula is C13H20BrN. The van der Waals surface area contributed by atoms with Gasteiger partial charge >= 0.3 is 0 Å². The van der Waals surface area contributed by atoms with Gasteiger partial charge in [0.2, 0.25) is 0 Å². The molecule has 84 valence electrons. The predicted octanol–water partition coefficient (Wildman–Crippen LogP) is 3.61. The lowest BCUT2D eigenvalue weighted by Gasteiger charge is -2.30. The van der Waals surface area contributed by atoms with Crippen molar-refractivity contribution >= 4 is 15.9 Å². The summed E-state index contributed by atoms with van der Waals surface area (Å²) < 4.78 is 1.19. The minimum Gasteiger partial charge on any atom is -0.330 e. The molecule has 0 aromatic heterocycles. The molecule has 2 heteroatoms. The second-order valence-electron chi connectivity index (χ2n) is 5.09. The van der Waals surface area contributed by atoms with E-state index < -0.39 is 0 Å². The molecule has 2 N–H and O–H groups in total. The third kappa shape index (κ3) is 3.62. The molecule has 1 nitrogen and oxygen atoms in total. The molecule has 1 aromatic carbocycles. The van der Waals surface area contributed by atoms with Crippen molar-refractivity contribution in [3.8, 4) is 0 Å². The minimum absolute atomic E-state index is 0.268. The van der Waals surface area contributed by atoms with Crippen LogP contribution in [0.1, 0.15) is 26.3 Å². The normalized spacial score (nSPS) is 13.9. The number of rotatable bonds is 3. The Morgan fingerprint density at radius 1 is 1.27 bits per heavy atom. The molecule has 0 bridgehead atoms. The molecule has 1 aromatic rings. The van der Waals surface area contributed by atoms with Crippen LogP contribution in [0.15, 0.2) is 28.7 Å². The van der Waals surface area contributed by atoms with E-state index in [1.807, 2.05) is 6.07 Å². The fourth-order valence-electron chi connectivity index (χ4n) is 1.67. The zero-order valence-electron chi connectivity index (χ0n) is 9.76. The van der Waals surface area contributed by atoms with Crippen molar-refractivity contribution in [1.29, 1.82) is 0 Å². The summed E-state index contributed by atoms with van der Waals surface area (Å²) in [5.74, 6) is 0.524. The van der Waals surface area contributed by atoms with Crippen molar-refractivity contribution in [1.82, 2.24) is 0 Å². The third-order valence-electron chi connectivity index (χ3n) is 2.93. The average molecular weight is 270 g/mol. The van der Waals surface area contributed by atoms with Crippen molar-refractivity contribution in [3.63, 3.8) is 0 Å². The number of hydrogen-bond acceptors (Lipinski definition) is 1. The molecule has 0 saturated carbocycles. The maximum absolute atomic E-state index is 5.84. The lowest BCUT2D eigenvalue weighted by Crippen LogP contribution is -2.30. The smallest absolute Gasteiger partial charge is 0.0207 e. The molecule has 0 heterocycles. The maximum Gasteiger partial charge on any atom is 0.0207 e. The van der Waals surface area contributed by atoms with Crippen LogP contribution in [-0.4, -0.2) is 6.54 Å². The van der Waals surface area contributed by atoms with Crippen LogP contribution in [-0.2, 0) is 6.42 Å². The first-order chi connectivity index (χ1) is 6.95. The Labute approximate surface area is 101 Å². The van der Waals surface area contributed by atoms with Crippen molar-refractivity contribution < 1.29 is 0 Å². The lowest BCUT2D eigenvalue weighted by atomic mass is 9.77. The molecule has 0 aliphatic rings. The maximum atomic E-state index is 5.84. The second-order valence-corrected chi connectivity index (χ2v) is 5.95. The summed E-state index contributed by atoms with van der Waals surface area (Å²) in [6.07, 6.45) is 1.04. The van der Waals surface area contributed by atoms with Crippen LogP contribution in [0, 0.1) is 11.3 Å². The average Bonchev–Trinajstić information content (AvgIpc) is 2.14. The van der Waals surface area contributed by atoms with E-state index in [9.17, 15) is 0 Å². The molecule has 0 saturated heterocycles. The fraction of sp³-hybridized carbons (Fsp3) is 0.538. The Morgan fingerprint density at radius 2 is 1.87 bits per heavy atom. The van der Waals surface area contributed by atoms with Gasteiger partial charge in [0, 0.05) is 4.47 Å². The molecule has 0 fully saturated rings. The number of hydrogen-bond donors (Lipinski definition) is 1. The SMILES string of the molecule is CC(C)(C)C(CN)Cc1ccccc1Br. The van der Waals surface area contributed by atoms with Gasteiger partial charge in [0.1, 0.15) is 0 Å². The molecular weight excluding hydrogens is 250 g/mol. The Bertz CT molecular complexity index is 315. The zero-order chi connectivity index (χ0) is 11.5. The Balaban J connectivity index is 2.80. The summed E-state index contributed by atoms with van der Waals surface area (Å²) in [6.45, 7) is 7.49. The zero-order valence-corrected chi connectivity index (χ0v) is 11.3. The largest absolute Gasteiger partial charge is 0.330 e. The monoisotopic (exact) mass is 269 g/mol. The first kappa shape index (κ1) is 12.7. The summed E-state index contributed by atoms with van der Waals surface area (Å²) >= 11 is 3.58. The highest BCUT2D eigenvalue weighted by atomic mass is 79.9. The van der Waals surface area contributed by atoms with Crippen molar-refractivity contribution in [2.45, 2.75) is 27.2 Å². The molecule has 0 aliphatic heterocycles. The molecule has 15 heavy (non-hydrogen) atoms. The van der Waals surface area contributed by atoms with Gasteiger partial charge in [-0.1, -0.05) is 54.9 Å². The van der Waals surface area contributed by atoms with Crippen LogP contribution in [0.3, 0.4) is 0 Å². The summed E-state index contributed by atoms with van der Waals surface area (Å²) in [5.41, 5.74) is 7.46. The summed E-state index contributed by atoms with van der Waals surface area (Å²) in [5, 5.41) is 0. The van der Waals surface area contributed by atoms with E-state index in [2.05, 4.69) is 54.9 Å². The highest BCUT2D eigenvalue weighted by Crippen LogP contribution is 2.30. The van der Waals surface area contributed by atoms with Gasteiger partial charge in [0.05, 0.1) is 0 Å². The van der Waals surface area contributed by atoms with Crippen LogP contribution >= 0.6 is 15.9 Å². The number of halogens is 1. The van der Waals surface area contributed by atoms with Crippen molar-refractivity contribution in [2.75, 3.05) is 6.54 Å². The van der Waals surface area contributed by atoms with E-state index in [1.54, 1.807) is 0 Å². The van der Waals surface area contributed by atoms with Crippen LogP contribution in [0.4, 0.5) is 0 Å². The summed E-state index contributed by atoms with van der Waals surface area (Å²) in [7, 11) is 0.